The molecule has 94 valence electrons. The van der Waals surface area contributed by atoms with Gasteiger partial charge in [-0.3, -0.25) is 0 Å². The van der Waals surface area contributed by atoms with E-state index in [4.69, 9.17) is 11.6 Å². The van der Waals surface area contributed by atoms with Gasteiger partial charge in [-0.2, -0.15) is 0 Å². The van der Waals surface area contributed by atoms with E-state index in [-0.39, 0.29) is 0 Å². The molecule has 0 saturated heterocycles. The zero-order valence-electron chi connectivity index (χ0n) is 10.5. The van der Waals surface area contributed by atoms with E-state index in [1.807, 2.05) is 12.5 Å². The van der Waals surface area contributed by atoms with Crippen molar-refractivity contribution in [1.82, 2.24) is 9.55 Å². The number of nitrogens with zero attached hydrogens (tertiary/aromatic N) is 2. The quantitative estimate of drug-likeness (QED) is 0.738. The second-order valence-electron chi connectivity index (χ2n) is 4.79. The summed E-state index contributed by atoms with van der Waals surface area (Å²) >= 11 is 6.12. The second kappa shape index (κ2) is 6.25. The number of rotatable bonds is 4. The summed E-state index contributed by atoms with van der Waals surface area (Å²) in [5.41, 5.74) is 2.58. The molecule has 0 spiro atoms. The van der Waals surface area contributed by atoms with Gasteiger partial charge in [0, 0.05) is 12.4 Å². The Morgan fingerprint density at radius 2 is 2.24 bits per heavy atom. The molecule has 0 aromatic carbocycles. The lowest BCUT2D eigenvalue weighted by Gasteiger charge is -2.23. The molecular weight excluding hydrogens is 232 g/mol. The molecule has 3 heteroatoms. The highest BCUT2D eigenvalue weighted by Crippen LogP contribution is 2.31. The van der Waals surface area contributed by atoms with Crippen molar-refractivity contribution >= 4 is 17.7 Å². The first-order chi connectivity index (χ1) is 8.35. The van der Waals surface area contributed by atoms with E-state index in [0.717, 1.165) is 6.54 Å². The van der Waals surface area contributed by atoms with Gasteiger partial charge in [0.1, 0.15) is 0 Å². The van der Waals surface area contributed by atoms with Crippen molar-refractivity contribution in [3.05, 3.63) is 23.8 Å². The van der Waals surface area contributed by atoms with Crippen molar-refractivity contribution < 1.29 is 0 Å². The normalized spacial score (nSPS) is 18.6. The minimum absolute atomic E-state index is 0.652. The Morgan fingerprint density at radius 3 is 2.88 bits per heavy atom. The predicted octanol–water partition coefficient (Wildman–Crippen LogP) is 4.11. The summed E-state index contributed by atoms with van der Waals surface area (Å²) < 4.78 is 2.16. The number of imidazole rings is 1. The maximum absolute atomic E-state index is 6.12. The summed E-state index contributed by atoms with van der Waals surface area (Å²) in [6.07, 6.45) is 12.8. The van der Waals surface area contributed by atoms with E-state index >= 15 is 0 Å². The van der Waals surface area contributed by atoms with Crippen molar-refractivity contribution in [3.8, 4) is 0 Å². The van der Waals surface area contributed by atoms with Crippen LogP contribution in [0.1, 0.15) is 44.7 Å². The number of halogens is 1. The molecule has 2 nitrogen and oxygen atoms in total. The highest BCUT2D eigenvalue weighted by molar-refractivity contribution is 6.19. The van der Waals surface area contributed by atoms with Crippen LogP contribution in [0, 0.1) is 5.92 Å². The summed E-state index contributed by atoms with van der Waals surface area (Å²) in [7, 11) is 0. The molecule has 0 aliphatic heterocycles. The fourth-order valence-corrected chi connectivity index (χ4v) is 2.94. The number of aromatic nitrogens is 2. The summed E-state index contributed by atoms with van der Waals surface area (Å²) in [6, 6.07) is 0. The summed E-state index contributed by atoms with van der Waals surface area (Å²) in [4.78, 5) is 4.20. The van der Waals surface area contributed by atoms with Gasteiger partial charge in [0.15, 0.2) is 0 Å². The lowest BCUT2D eigenvalue weighted by molar-refractivity contribution is 0.405. The minimum Gasteiger partial charge on any atom is -0.331 e. The zero-order valence-corrected chi connectivity index (χ0v) is 11.3. The van der Waals surface area contributed by atoms with E-state index < -0.39 is 0 Å². The number of alkyl halides is 1. The number of aryl methyl sites for hydroxylation is 1. The second-order valence-corrected chi connectivity index (χ2v) is 5.06. The van der Waals surface area contributed by atoms with Gasteiger partial charge < -0.3 is 4.57 Å². The number of hydrogen-bond donors (Lipinski definition) is 0. The van der Waals surface area contributed by atoms with Crippen LogP contribution in [0.15, 0.2) is 18.1 Å². The molecule has 1 aromatic rings. The van der Waals surface area contributed by atoms with Crippen LogP contribution in [0.4, 0.5) is 0 Å². The molecule has 1 fully saturated rings. The number of hydrogen-bond acceptors (Lipinski definition) is 1. The lowest BCUT2D eigenvalue weighted by atomic mass is 9.84. The third-order valence-electron chi connectivity index (χ3n) is 3.70. The smallest absolute Gasteiger partial charge is 0.0950 e. The van der Waals surface area contributed by atoms with Gasteiger partial charge in [-0.25, -0.2) is 4.98 Å². The standard InChI is InChI=1S/C14H21ClN2/c1-2-17-11-16-10-14(17)8-13(9-15)12-6-4-3-5-7-12/h8,10-12H,2-7,9H2,1H3. The fraction of sp³-hybridized carbons (Fsp3) is 0.643. The molecule has 0 bridgehead atoms. The first-order valence-corrected chi connectivity index (χ1v) is 7.15. The van der Waals surface area contributed by atoms with Gasteiger partial charge in [0.05, 0.1) is 18.2 Å². The third-order valence-corrected chi connectivity index (χ3v) is 4.01. The van der Waals surface area contributed by atoms with E-state index in [1.54, 1.807) is 0 Å². The van der Waals surface area contributed by atoms with E-state index in [0.29, 0.717) is 11.8 Å². The van der Waals surface area contributed by atoms with Gasteiger partial charge in [0.2, 0.25) is 0 Å². The van der Waals surface area contributed by atoms with Gasteiger partial charge in [0.25, 0.3) is 0 Å². The van der Waals surface area contributed by atoms with Crippen molar-refractivity contribution in [3.63, 3.8) is 0 Å². The molecule has 0 N–H and O–H groups in total. The molecule has 1 aliphatic carbocycles. The fourth-order valence-electron chi connectivity index (χ4n) is 2.64. The molecule has 1 aliphatic rings. The van der Waals surface area contributed by atoms with Crippen molar-refractivity contribution in [1.29, 1.82) is 0 Å². The molecule has 0 amide bonds. The van der Waals surface area contributed by atoms with Crippen LogP contribution >= 0.6 is 11.6 Å². The Balaban J connectivity index is 2.16. The van der Waals surface area contributed by atoms with Gasteiger partial charge in [-0.05, 0) is 31.8 Å². The van der Waals surface area contributed by atoms with Crippen molar-refractivity contribution in [2.45, 2.75) is 45.6 Å². The molecule has 2 rings (SSSR count). The summed E-state index contributed by atoms with van der Waals surface area (Å²) in [5, 5.41) is 0. The SMILES string of the molecule is CCn1cncc1C=C(CCl)C1CCCCC1. The summed E-state index contributed by atoms with van der Waals surface area (Å²) in [6.45, 7) is 3.10. The van der Waals surface area contributed by atoms with Crippen LogP contribution in [-0.4, -0.2) is 15.4 Å². The topological polar surface area (TPSA) is 17.8 Å². The van der Waals surface area contributed by atoms with E-state index in [9.17, 15) is 0 Å². The summed E-state index contributed by atoms with van der Waals surface area (Å²) in [5.74, 6) is 1.35. The van der Waals surface area contributed by atoms with Crippen LogP contribution in [0.25, 0.3) is 6.08 Å². The average molecular weight is 253 g/mol. The monoisotopic (exact) mass is 252 g/mol. The highest BCUT2D eigenvalue weighted by atomic mass is 35.5. The van der Waals surface area contributed by atoms with E-state index in [2.05, 4.69) is 22.6 Å². The minimum atomic E-state index is 0.652. The third kappa shape index (κ3) is 3.12. The first-order valence-electron chi connectivity index (χ1n) is 6.61. The van der Waals surface area contributed by atoms with Crippen LogP contribution < -0.4 is 0 Å². The Bertz CT molecular complexity index is 375. The molecule has 1 saturated carbocycles. The van der Waals surface area contributed by atoms with Crippen LogP contribution in [-0.2, 0) is 6.54 Å². The van der Waals surface area contributed by atoms with Crippen LogP contribution in [0.3, 0.4) is 0 Å². The predicted molar refractivity (Wildman–Crippen MR) is 73.2 cm³/mol. The Kier molecular flexibility index (Phi) is 4.66. The molecule has 17 heavy (non-hydrogen) atoms. The Morgan fingerprint density at radius 1 is 1.47 bits per heavy atom. The molecule has 0 atom stereocenters. The van der Waals surface area contributed by atoms with Crippen molar-refractivity contribution in [2.75, 3.05) is 5.88 Å². The molecular formula is C14H21ClN2. The maximum atomic E-state index is 6.12. The largest absolute Gasteiger partial charge is 0.331 e. The van der Waals surface area contributed by atoms with Crippen LogP contribution in [0.2, 0.25) is 0 Å². The first kappa shape index (κ1) is 12.7. The Labute approximate surface area is 109 Å². The molecule has 1 heterocycles. The van der Waals surface area contributed by atoms with Gasteiger partial charge in [-0.1, -0.05) is 24.8 Å². The van der Waals surface area contributed by atoms with Gasteiger partial charge in [-0.15, -0.1) is 11.6 Å². The zero-order chi connectivity index (χ0) is 12.1. The number of allylic oxidation sites excluding steroid dienone is 1. The average Bonchev–Trinajstić information content (AvgIpc) is 2.84. The van der Waals surface area contributed by atoms with Crippen molar-refractivity contribution in [2.24, 2.45) is 5.92 Å². The highest BCUT2D eigenvalue weighted by Gasteiger charge is 2.17. The molecule has 0 unspecified atom stereocenters. The van der Waals surface area contributed by atoms with Gasteiger partial charge >= 0.3 is 0 Å². The van der Waals surface area contributed by atoms with E-state index in [1.165, 1.54) is 43.4 Å². The Hall–Kier alpha value is -0.760. The molecule has 1 aromatic heterocycles. The maximum Gasteiger partial charge on any atom is 0.0950 e. The molecule has 0 radical (unpaired) electrons. The lowest BCUT2D eigenvalue weighted by Crippen LogP contribution is -2.10. The van der Waals surface area contributed by atoms with Crippen LogP contribution in [0.5, 0.6) is 0 Å².